The minimum Gasteiger partial charge on any atom is -0.392 e. The molecule has 22 heavy (non-hydrogen) atoms. The summed E-state index contributed by atoms with van der Waals surface area (Å²) in [6.45, 7) is 0.0125. The van der Waals surface area contributed by atoms with Crippen molar-refractivity contribution < 1.29 is 15.3 Å². The molecule has 1 aliphatic carbocycles. The monoisotopic (exact) mass is 292 g/mol. The first-order valence-corrected chi connectivity index (χ1v) is 7.32. The molecular formula is C19H16O3. The third kappa shape index (κ3) is 1.87. The van der Waals surface area contributed by atoms with Crippen LogP contribution in [0.2, 0.25) is 0 Å². The second-order valence-electron chi connectivity index (χ2n) is 5.73. The van der Waals surface area contributed by atoms with Gasteiger partial charge in [-0.3, -0.25) is 0 Å². The molecule has 4 rings (SSSR count). The first kappa shape index (κ1) is 13.5. The van der Waals surface area contributed by atoms with Gasteiger partial charge in [0.15, 0.2) is 0 Å². The molecule has 0 radical (unpaired) electrons. The van der Waals surface area contributed by atoms with Gasteiger partial charge in [0.2, 0.25) is 0 Å². The van der Waals surface area contributed by atoms with Gasteiger partial charge in [-0.15, -0.1) is 0 Å². The number of fused-ring (bicyclic) bond motifs is 4. The zero-order chi connectivity index (χ0) is 15.3. The molecule has 110 valence electrons. The zero-order valence-electron chi connectivity index (χ0n) is 11.9. The molecule has 0 aromatic heterocycles. The lowest BCUT2D eigenvalue weighted by molar-refractivity contribution is 0.0471. The van der Waals surface area contributed by atoms with Crippen molar-refractivity contribution in [3.05, 3.63) is 65.2 Å². The third-order valence-corrected chi connectivity index (χ3v) is 4.46. The van der Waals surface area contributed by atoms with Gasteiger partial charge in [0.1, 0.15) is 12.2 Å². The van der Waals surface area contributed by atoms with Crippen LogP contribution in [0.1, 0.15) is 22.8 Å². The fourth-order valence-electron chi connectivity index (χ4n) is 3.27. The number of benzene rings is 3. The van der Waals surface area contributed by atoms with E-state index >= 15 is 0 Å². The highest BCUT2D eigenvalue weighted by Gasteiger charge is 2.22. The molecule has 3 N–H and O–H groups in total. The van der Waals surface area contributed by atoms with Crippen LogP contribution in [0.25, 0.3) is 27.6 Å². The van der Waals surface area contributed by atoms with Crippen LogP contribution in [-0.4, -0.2) is 21.4 Å². The largest absolute Gasteiger partial charge is 0.392 e. The van der Waals surface area contributed by atoms with Gasteiger partial charge in [0, 0.05) is 0 Å². The van der Waals surface area contributed by atoms with Gasteiger partial charge in [-0.1, -0.05) is 42.5 Å². The fraction of sp³-hybridized carbons (Fsp3) is 0.158. The summed E-state index contributed by atoms with van der Waals surface area (Å²) >= 11 is 0. The Bertz CT molecular complexity index is 911. The molecule has 2 atom stereocenters. The Morgan fingerprint density at radius 1 is 0.909 bits per heavy atom. The first-order chi connectivity index (χ1) is 10.7. The van der Waals surface area contributed by atoms with Crippen LogP contribution in [0.4, 0.5) is 0 Å². The van der Waals surface area contributed by atoms with Crippen molar-refractivity contribution in [3.63, 3.8) is 0 Å². The van der Waals surface area contributed by atoms with E-state index in [4.69, 9.17) is 0 Å². The predicted octanol–water partition coefficient (Wildman–Crippen LogP) is 2.91. The molecular weight excluding hydrogens is 276 g/mol. The van der Waals surface area contributed by atoms with Gasteiger partial charge >= 0.3 is 0 Å². The van der Waals surface area contributed by atoms with Crippen LogP contribution >= 0.6 is 0 Å². The molecule has 0 amide bonds. The van der Waals surface area contributed by atoms with Crippen LogP contribution < -0.4 is 0 Å². The summed E-state index contributed by atoms with van der Waals surface area (Å²) < 4.78 is 0. The molecule has 0 saturated carbocycles. The Kier molecular flexibility index (Phi) is 3.01. The van der Waals surface area contributed by atoms with Crippen molar-refractivity contribution in [1.29, 1.82) is 0 Å². The van der Waals surface area contributed by atoms with Crippen molar-refractivity contribution in [1.82, 2.24) is 0 Å². The minimum atomic E-state index is -0.885. The Hall–Kier alpha value is -2.20. The second-order valence-corrected chi connectivity index (χ2v) is 5.73. The molecule has 0 unspecified atom stereocenters. The van der Waals surface area contributed by atoms with E-state index in [2.05, 4.69) is 0 Å². The molecule has 1 aliphatic rings. The standard InChI is InChI=1S/C19H16O3/c20-10-13-2-1-3-15-14(13)6-4-11-9-17-12(8-16(11)15)5-7-18(21)19(17)22/h1-9,18-22H,10H2/t18-,19-/m1/s1. The highest BCUT2D eigenvalue weighted by Crippen LogP contribution is 2.35. The molecule has 0 fully saturated rings. The van der Waals surface area contributed by atoms with Crippen molar-refractivity contribution in [2.24, 2.45) is 0 Å². The van der Waals surface area contributed by atoms with Crippen molar-refractivity contribution in [3.8, 4) is 0 Å². The van der Waals surface area contributed by atoms with Gasteiger partial charge in [-0.2, -0.15) is 0 Å². The first-order valence-electron chi connectivity index (χ1n) is 7.32. The zero-order valence-corrected chi connectivity index (χ0v) is 11.9. The number of aliphatic hydroxyl groups is 3. The molecule has 3 heteroatoms. The smallest absolute Gasteiger partial charge is 0.109 e. The average Bonchev–Trinajstić information content (AvgIpc) is 2.56. The van der Waals surface area contributed by atoms with E-state index < -0.39 is 12.2 Å². The highest BCUT2D eigenvalue weighted by atomic mass is 16.3. The van der Waals surface area contributed by atoms with E-state index in [1.807, 2.05) is 48.5 Å². The Morgan fingerprint density at radius 3 is 2.59 bits per heavy atom. The SMILES string of the molecule is OCc1cccc2c1ccc1cc3c(cc12)C=C[C@@H](O)[C@@H]3O. The topological polar surface area (TPSA) is 60.7 Å². The van der Waals surface area contributed by atoms with Crippen molar-refractivity contribution in [2.75, 3.05) is 0 Å². The maximum absolute atomic E-state index is 10.2. The summed E-state index contributed by atoms with van der Waals surface area (Å²) in [5.41, 5.74) is 2.58. The summed E-state index contributed by atoms with van der Waals surface area (Å²) in [5, 5.41) is 33.6. The van der Waals surface area contributed by atoms with Crippen LogP contribution in [0.15, 0.2) is 48.5 Å². The molecule has 0 bridgehead atoms. The lowest BCUT2D eigenvalue weighted by Gasteiger charge is -2.22. The minimum absolute atomic E-state index is 0.0125. The van der Waals surface area contributed by atoms with Crippen LogP contribution in [-0.2, 0) is 6.61 Å². The number of aliphatic hydroxyl groups excluding tert-OH is 3. The summed E-state index contributed by atoms with van der Waals surface area (Å²) in [6.07, 6.45) is 1.72. The quantitative estimate of drug-likeness (QED) is 0.604. The maximum atomic E-state index is 10.2. The molecule has 3 aromatic rings. The maximum Gasteiger partial charge on any atom is 0.109 e. The molecule has 3 aromatic carbocycles. The molecule has 0 aliphatic heterocycles. The predicted molar refractivity (Wildman–Crippen MR) is 87.4 cm³/mol. The molecule has 3 nitrogen and oxygen atoms in total. The van der Waals surface area contributed by atoms with Gasteiger partial charge in [0.25, 0.3) is 0 Å². The van der Waals surface area contributed by atoms with Crippen molar-refractivity contribution >= 4 is 27.6 Å². The summed E-state index contributed by atoms with van der Waals surface area (Å²) in [7, 11) is 0. The molecule has 0 heterocycles. The summed E-state index contributed by atoms with van der Waals surface area (Å²) in [6, 6.07) is 13.9. The average molecular weight is 292 g/mol. The van der Waals surface area contributed by atoms with Gasteiger partial charge < -0.3 is 15.3 Å². The third-order valence-electron chi connectivity index (χ3n) is 4.46. The number of rotatable bonds is 1. The van der Waals surface area contributed by atoms with Gasteiger partial charge in [0.05, 0.1) is 6.61 Å². The van der Waals surface area contributed by atoms with E-state index in [-0.39, 0.29) is 6.61 Å². The summed E-state index contributed by atoms with van der Waals surface area (Å²) in [5.74, 6) is 0. The van der Waals surface area contributed by atoms with E-state index in [1.54, 1.807) is 6.08 Å². The second kappa shape index (κ2) is 4.92. The number of hydrogen-bond donors (Lipinski definition) is 3. The van der Waals surface area contributed by atoms with E-state index in [0.29, 0.717) is 0 Å². The van der Waals surface area contributed by atoms with Crippen molar-refractivity contribution in [2.45, 2.75) is 18.8 Å². The van der Waals surface area contributed by atoms with E-state index in [0.717, 1.165) is 38.2 Å². The number of hydrogen-bond acceptors (Lipinski definition) is 3. The normalized spacial score (nSPS) is 20.5. The fourth-order valence-corrected chi connectivity index (χ4v) is 3.27. The van der Waals surface area contributed by atoms with Crippen LogP contribution in [0.3, 0.4) is 0 Å². The lowest BCUT2D eigenvalue weighted by atomic mass is 9.88. The van der Waals surface area contributed by atoms with E-state index in [1.165, 1.54) is 0 Å². The van der Waals surface area contributed by atoms with Gasteiger partial charge in [-0.05, 0) is 50.4 Å². The summed E-state index contributed by atoms with van der Waals surface area (Å²) in [4.78, 5) is 0. The van der Waals surface area contributed by atoms with Gasteiger partial charge in [-0.25, -0.2) is 0 Å². The molecule has 0 saturated heterocycles. The Labute approximate surface area is 127 Å². The Balaban J connectivity index is 2.07. The Morgan fingerprint density at radius 2 is 1.77 bits per heavy atom. The highest BCUT2D eigenvalue weighted by molar-refractivity contribution is 6.09. The van der Waals surface area contributed by atoms with Crippen LogP contribution in [0.5, 0.6) is 0 Å². The van der Waals surface area contributed by atoms with E-state index in [9.17, 15) is 15.3 Å². The van der Waals surface area contributed by atoms with Crippen LogP contribution in [0, 0.1) is 0 Å². The molecule has 0 spiro atoms. The lowest BCUT2D eigenvalue weighted by Crippen LogP contribution is -2.19.